The van der Waals surface area contributed by atoms with Gasteiger partial charge < -0.3 is 15.4 Å². The van der Waals surface area contributed by atoms with Gasteiger partial charge in [-0.05, 0) is 24.3 Å². The molecular weight excluding hydrogens is 305 g/mol. The number of nitrogens with one attached hydrogen (secondary N) is 2. The molecule has 0 aliphatic heterocycles. The Bertz CT molecular complexity index is 555. The summed E-state index contributed by atoms with van der Waals surface area (Å²) in [5.74, 6) is -2.20. The maximum atomic E-state index is 11.9. The lowest BCUT2D eigenvalue weighted by Crippen LogP contribution is -2.36. The van der Waals surface area contributed by atoms with Gasteiger partial charge in [0.2, 0.25) is 5.91 Å². The SMILES string of the molecule is CC(=O)Nc1ccc(C(=O)OCC(=O)NCC(F)(F)F)cc1. The van der Waals surface area contributed by atoms with E-state index in [2.05, 4.69) is 10.1 Å². The molecule has 120 valence electrons. The van der Waals surface area contributed by atoms with Gasteiger partial charge in [-0.25, -0.2) is 4.79 Å². The summed E-state index contributed by atoms with van der Waals surface area (Å²) < 4.78 is 40.1. The summed E-state index contributed by atoms with van der Waals surface area (Å²) in [6.45, 7) is -0.987. The molecule has 0 fully saturated rings. The number of hydrogen-bond donors (Lipinski definition) is 2. The second-order valence-corrected chi connectivity index (χ2v) is 4.23. The van der Waals surface area contributed by atoms with Crippen LogP contribution in [0.25, 0.3) is 0 Å². The van der Waals surface area contributed by atoms with Gasteiger partial charge in [0.15, 0.2) is 6.61 Å². The summed E-state index contributed by atoms with van der Waals surface area (Å²) in [6.07, 6.45) is -4.53. The zero-order valence-electron chi connectivity index (χ0n) is 11.5. The molecule has 0 heterocycles. The molecule has 0 atom stereocenters. The number of hydrogen-bond acceptors (Lipinski definition) is 4. The average molecular weight is 318 g/mol. The minimum Gasteiger partial charge on any atom is -0.452 e. The highest BCUT2D eigenvalue weighted by Gasteiger charge is 2.27. The maximum Gasteiger partial charge on any atom is 0.405 e. The van der Waals surface area contributed by atoms with Crippen LogP contribution in [0.1, 0.15) is 17.3 Å². The van der Waals surface area contributed by atoms with Crippen molar-refractivity contribution in [1.29, 1.82) is 0 Å². The average Bonchev–Trinajstić information content (AvgIpc) is 2.42. The smallest absolute Gasteiger partial charge is 0.405 e. The molecule has 0 saturated carbocycles. The fraction of sp³-hybridized carbons (Fsp3) is 0.308. The first-order chi connectivity index (χ1) is 10.2. The van der Waals surface area contributed by atoms with Crippen LogP contribution in [-0.4, -0.2) is 37.1 Å². The topological polar surface area (TPSA) is 84.5 Å². The molecule has 1 rings (SSSR count). The van der Waals surface area contributed by atoms with Crippen LogP contribution in [0.3, 0.4) is 0 Å². The van der Waals surface area contributed by atoms with Crippen molar-refractivity contribution in [2.75, 3.05) is 18.5 Å². The van der Waals surface area contributed by atoms with Gasteiger partial charge in [0, 0.05) is 12.6 Å². The van der Waals surface area contributed by atoms with Crippen molar-refractivity contribution in [3.05, 3.63) is 29.8 Å². The molecule has 0 saturated heterocycles. The molecule has 0 radical (unpaired) electrons. The van der Waals surface area contributed by atoms with Crippen molar-refractivity contribution >= 4 is 23.5 Å². The standard InChI is InChI=1S/C13H13F3N2O4/c1-8(19)18-10-4-2-9(3-5-10)12(21)22-6-11(20)17-7-13(14,15)16/h2-5H,6-7H2,1H3,(H,17,20)(H,18,19). The highest BCUT2D eigenvalue weighted by Crippen LogP contribution is 2.12. The molecule has 1 aromatic carbocycles. The van der Waals surface area contributed by atoms with Gasteiger partial charge in [-0.1, -0.05) is 0 Å². The normalized spacial score (nSPS) is 10.7. The lowest BCUT2D eigenvalue weighted by molar-refractivity contribution is -0.140. The molecule has 0 aliphatic carbocycles. The molecule has 22 heavy (non-hydrogen) atoms. The molecule has 0 aromatic heterocycles. The van der Waals surface area contributed by atoms with Crippen molar-refractivity contribution < 1.29 is 32.3 Å². The van der Waals surface area contributed by atoms with E-state index >= 15 is 0 Å². The Morgan fingerprint density at radius 2 is 1.73 bits per heavy atom. The Morgan fingerprint density at radius 3 is 2.23 bits per heavy atom. The third-order valence-corrected chi connectivity index (χ3v) is 2.26. The number of alkyl halides is 3. The van der Waals surface area contributed by atoms with E-state index in [9.17, 15) is 27.6 Å². The van der Waals surface area contributed by atoms with Gasteiger partial charge in [-0.2, -0.15) is 13.2 Å². The molecule has 9 heteroatoms. The van der Waals surface area contributed by atoms with E-state index in [4.69, 9.17) is 0 Å². The third-order valence-electron chi connectivity index (χ3n) is 2.26. The lowest BCUT2D eigenvalue weighted by Gasteiger charge is -2.09. The van der Waals surface area contributed by atoms with Crippen molar-refractivity contribution in [3.8, 4) is 0 Å². The maximum absolute atomic E-state index is 11.9. The van der Waals surface area contributed by atoms with Crippen molar-refractivity contribution in [1.82, 2.24) is 5.32 Å². The van der Waals surface area contributed by atoms with E-state index < -0.39 is 31.2 Å². The van der Waals surface area contributed by atoms with Crippen LogP contribution in [0.5, 0.6) is 0 Å². The Labute approximate surface area is 123 Å². The fourth-order valence-electron chi connectivity index (χ4n) is 1.36. The van der Waals surface area contributed by atoms with E-state index in [1.54, 1.807) is 5.32 Å². The first kappa shape index (κ1) is 17.5. The largest absolute Gasteiger partial charge is 0.452 e. The molecule has 1 aromatic rings. The quantitative estimate of drug-likeness (QED) is 0.806. The van der Waals surface area contributed by atoms with Gasteiger partial charge >= 0.3 is 12.1 Å². The van der Waals surface area contributed by atoms with Crippen molar-refractivity contribution in [3.63, 3.8) is 0 Å². The van der Waals surface area contributed by atoms with Crippen LogP contribution < -0.4 is 10.6 Å². The highest BCUT2D eigenvalue weighted by molar-refractivity contribution is 5.93. The molecule has 0 bridgehead atoms. The number of rotatable bonds is 5. The Balaban J connectivity index is 2.45. The van der Waals surface area contributed by atoms with E-state index in [0.717, 1.165) is 0 Å². The molecular formula is C13H13F3N2O4. The van der Waals surface area contributed by atoms with Crippen LogP contribution >= 0.6 is 0 Å². The van der Waals surface area contributed by atoms with Crippen molar-refractivity contribution in [2.24, 2.45) is 0 Å². The zero-order chi connectivity index (χ0) is 16.8. The predicted molar refractivity (Wildman–Crippen MR) is 70.1 cm³/mol. The number of halogens is 3. The minimum atomic E-state index is -4.53. The summed E-state index contributed by atoms with van der Waals surface area (Å²) in [5.41, 5.74) is 0.560. The van der Waals surface area contributed by atoms with Crippen LogP contribution in [-0.2, 0) is 14.3 Å². The first-order valence-corrected chi connectivity index (χ1v) is 6.05. The Hall–Kier alpha value is -2.58. The van der Waals surface area contributed by atoms with Gasteiger partial charge in [-0.15, -0.1) is 0 Å². The third kappa shape index (κ3) is 6.73. The van der Waals surface area contributed by atoms with Crippen LogP contribution in [0, 0.1) is 0 Å². The molecule has 0 spiro atoms. The summed E-state index contributed by atoms with van der Waals surface area (Å²) in [4.78, 5) is 33.5. The van der Waals surface area contributed by atoms with E-state index in [1.807, 2.05) is 0 Å². The van der Waals surface area contributed by atoms with Gasteiger partial charge in [-0.3, -0.25) is 9.59 Å². The van der Waals surface area contributed by atoms with Crippen molar-refractivity contribution in [2.45, 2.75) is 13.1 Å². The van der Waals surface area contributed by atoms with Gasteiger partial charge in [0.25, 0.3) is 5.91 Å². The molecule has 6 nitrogen and oxygen atoms in total. The number of carbonyl (C=O) groups is 3. The number of carbonyl (C=O) groups excluding carboxylic acids is 3. The van der Waals surface area contributed by atoms with E-state index in [-0.39, 0.29) is 11.5 Å². The second-order valence-electron chi connectivity index (χ2n) is 4.23. The fourth-order valence-corrected chi connectivity index (χ4v) is 1.36. The number of amides is 2. The molecule has 2 amide bonds. The van der Waals surface area contributed by atoms with Crippen LogP contribution in [0.4, 0.5) is 18.9 Å². The highest BCUT2D eigenvalue weighted by atomic mass is 19.4. The van der Waals surface area contributed by atoms with E-state index in [1.165, 1.54) is 31.2 Å². The number of esters is 1. The monoisotopic (exact) mass is 318 g/mol. The Morgan fingerprint density at radius 1 is 1.14 bits per heavy atom. The number of benzene rings is 1. The molecule has 2 N–H and O–H groups in total. The van der Waals surface area contributed by atoms with E-state index in [0.29, 0.717) is 5.69 Å². The summed E-state index contributed by atoms with van der Waals surface area (Å²) in [7, 11) is 0. The summed E-state index contributed by atoms with van der Waals surface area (Å²) in [6, 6.07) is 5.59. The molecule has 0 unspecified atom stereocenters. The van der Waals surface area contributed by atoms with Gasteiger partial charge in [0.05, 0.1) is 5.56 Å². The second kappa shape index (κ2) is 7.43. The van der Waals surface area contributed by atoms with Gasteiger partial charge in [0.1, 0.15) is 6.54 Å². The number of anilines is 1. The predicted octanol–water partition coefficient (Wildman–Crippen LogP) is 1.48. The van der Waals surface area contributed by atoms with Crippen LogP contribution in [0.15, 0.2) is 24.3 Å². The summed E-state index contributed by atoms with van der Waals surface area (Å²) >= 11 is 0. The summed E-state index contributed by atoms with van der Waals surface area (Å²) in [5, 5.41) is 4.06. The minimum absolute atomic E-state index is 0.0951. The Kier molecular flexibility index (Phi) is 5.90. The zero-order valence-corrected chi connectivity index (χ0v) is 11.5. The van der Waals surface area contributed by atoms with Crippen LogP contribution in [0.2, 0.25) is 0 Å². The lowest BCUT2D eigenvalue weighted by atomic mass is 10.2. The first-order valence-electron chi connectivity index (χ1n) is 6.05. The number of ether oxygens (including phenoxy) is 1. The molecule has 0 aliphatic rings.